The first-order valence-corrected chi connectivity index (χ1v) is 7.97. The number of benzene rings is 1. The SMILES string of the molecule is OC(CNc1ccncc1)c1cc(C(F)(F)F)nc2c(C(F)(F)F)cccc12. The van der Waals surface area contributed by atoms with E-state index in [1.807, 2.05) is 0 Å². The summed E-state index contributed by atoms with van der Waals surface area (Å²) in [5.41, 5.74) is -3.42. The maximum absolute atomic E-state index is 13.2. The third kappa shape index (κ3) is 4.16. The second-order valence-electron chi connectivity index (χ2n) is 5.93. The van der Waals surface area contributed by atoms with Gasteiger partial charge in [0.2, 0.25) is 0 Å². The van der Waals surface area contributed by atoms with E-state index in [9.17, 15) is 31.4 Å². The molecule has 0 bridgehead atoms. The summed E-state index contributed by atoms with van der Waals surface area (Å²) in [4.78, 5) is 6.99. The molecule has 2 aromatic heterocycles. The number of para-hydroxylation sites is 1. The molecule has 1 atom stereocenters. The van der Waals surface area contributed by atoms with Gasteiger partial charge in [-0.25, -0.2) is 4.98 Å². The van der Waals surface area contributed by atoms with E-state index in [-0.39, 0.29) is 17.5 Å². The van der Waals surface area contributed by atoms with Crippen LogP contribution in [0.2, 0.25) is 0 Å². The third-order valence-electron chi connectivity index (χ3n) is 4.01. The molecule has 2 heterocycles. The molecule has 3 rings (SSSR count). The highest BCUT2D eigenvalue weighted by Crippen LogP contribution is 2.38. The molecule has 0 aliphatic carbocycles. The van der Waals surface area contributed by atoms with Crippen LogP contribution in [0.1, 0.15) is 22.9 Å². The van der Waals surface area contributed by atoms with Crippen molar-refractivity contribution < 1.29 is 31.4 Å². The predicted octanol–water partition coefficient (Wildman–Crippen LogP) is 4.81. The lowest BCUT2D eigenvalue weighted by Gasteiger charge is -2.19. The Hall–Kier alpha value is -2.88. The van der Waals surface area contributed by atoms with E-state index >= 15 is 0 Å². The van der Waals surface area contributed by atoms with E-state index in [2.05, 4.69) is 15.3 Å². The molecule has 28 heavy (non-hydrogen) atoms. The number of hydrogen-bond donors (Lipinski definition) is 2. The van der Waals surface area contributed by atoms with Crippen LogP contribution in [0.5, 0.6) is 0 Å². The van der Waals surface area contributed by atoms with Crippen molar-refractivity contribution in [2.24, 2.45) is 0 Å². The van der Waals surface area contributed by atoms with Gasteiger partial charge in [-0.15, -0.1) is 0 Å². The highest BCUT2D eigenvalue weighted by molar-refractivity contribution is 5.86. The fourth-order valence-electron chi connectivity index (χ4n) is 2.72. The van der Waals surface area contributed by atoms with Crippen LogP contribution >= 0.6 is 0 Å². The molecular formula is C18H13F6N3O. The molecule has 2 N–H and O–H groups in total. The Bertz CT molecular complexity index is 973. The first-order valence-electron chi connectivity index (χ1n) is 7.97. The molecule has 0 fully saturated rings. The van der Waals surface area contributed by atoms with Gasteiger partial charge in [0.25, 0.3) is 0 Å². The molecule has 0 saturated heterocycles. The molecular weight excluding hydrogens is 388 g/mol. The first kappa shape index (κ1) is 19.9. The van der Waals surface area contributed by atoms with Crippen molar-refractivity contribution in [3.05, 3.63) is 65.6 Å². The lowest BCUT2D eigenvalue weighted by molar-refractivity contribution is -0.142. The zero-order chi connectivity index (χ0) is 20.5. The Kier molecular flexibility index (Phi) is 5.16. The van der Waals surface area contributed by atoms with Crippen LogP contribution in [-0.2, 0) is 12.4 Å². The van der Waals surface area contributed by atoms with Crippen LogP contribution in [0, 0.1) is 0 Å². The highest BCUT2D eigenvalue weighted by Gasteiger charge is 2.37. The molecule has 1 unspecified atom stereocenters. The monoisotopic (exact) mass is 401 g/mol. The second kappa shape index (κ2) is 7.27. The van der Waals surface area contributed by atoms with Gasteiger partial charge in [0.15, 0.2) is 0 Å². The number of aromatic nitrogens is 2. The number of halogens is 6. The lowest BCUT2D eigenvalue weighted by atomic mass is 9.99. The quantitative estimate of drug-likeness (QED) is 0.616. The number of nitrogens with one attached hydrogen (secondary N) is 1. The zero-order valence-corrected chi connectivity index (χ0v) is 14.0. The lowest BCUT2D eigenvalue weighted by Crippen LogP contribution is -2.17. The Morgan fingerprint density at radius 1 is 0.964 bits per heavy atom. The Morgan fingerprint density at radius 2 is 1.64 bits per heavy atom. The largest absolute Gasteiger partial charge is 0.433 e. The van der Waals surface area contributed by atoms with Gasteiger partial charge in [-0.2, -0.15) is 26.3 Å². The topological polar surface area (TPSA) is 58.0 Å². The number of anilines is 1. The van der Waals surface area contributed by atoms with Crippen molar-refractivity contribution in [1.29, 1.82) is 0 Å². The molecule has 0 radical (unpaired) electrons. The standard InChI is InChI=1S/C18H13F6N3O/c19-17(20,21)13-3-1-2-11-12(8-15(18(22,23)24)27-16(11)13)14(28)9-26-10-4-6-25-7-5-10/h1-8,14,28H,9H2,(H,25,26). The van der Waals surface area contributed by atoms with E-state index < -0.39 is 35.2 Å². The second-order valence-corrected chi connectivity index (χ2v) is 5.93. The summed E-state index contributed by atoms with van der Waals surface area (Å²) in [6.07, 6.45) is -8.45. The van der Waals surface area contributed by atoms with E-state index in [1.54, 1.807) is 12.1 Å². The Morgan fingerprint density at radius 3 is 2.25 bits per heavy atom. The molecule has 0 aliphatic rings. The molecule has 4 nitrogen and oxygen atoms in total. The van der Waals surface area contributed by atoms with Crippen molar-refractivity contribution in [1.82, 2.24) is 9.97 Å². The number of pyridine rings is 2. The number of aliphatic hydroxyl groups excluding tert-OH is 1. The van der Waals surface area contributed by atoms with Gasteiger partial charge in [-0.05, 0) is 29.8 Å². The summed E-state index contributed by atoms with van der Waals surface area (Å²) in [6, 6.07) is 6.62. The van der Waals surface area contributed by atoms with Gasteiger partial charge in [-0.1, -0.05) is 12.1 Å². The number of aliphatic hydroxyl groups is 1. The number of alkyl halides is 6. The number of rotatable bonds is 4. The molecule has 10 heteroatoms. The van der Waals surface area contributed by atoms with E-state index in [4.69, 9.17) is 0 Å². The average molecular weight is 401 g/mol. The molecule has 0 saturated carbocycles. The molecule has 0 aliphatic heterocycles. The van der Waals surface area contributed by atoms with Crippen molar-refractivity contribution in [2.45, 2.75) is 18.5 Å². The fraction of sp³-hybridized carbons (Fsp3) is 0.222. The van der Waals surface area contributed by atoms with Crippen molar-refractivity contribution in [2.75, 3.05) is 11.9 Å². The highest BCUT2D eigenvalue weighted by atomic mass is 19.4. The van der Waals surface area contributed by atoms with Crippen LogP contribution in [0.25, 0.3) is 10.9 Å². The molecule has 1 aromatic carbocycles. The normalized spacial score (nSPS) is 13.5. The van der Waals surface area contributed by atoms with Crippen LogP contribution in [-0.4, -0.2) is 21.6 Å². The van der Waals surface area contributed by atoms with Gasteiger partial charge >= 0.3 is 12.4 Å². The Labute approximate surface area is 154 Å². The van der Waals surface area contributed by atoms with Crippen LogP contribution in [0.3, 0.4) is 0 Å². The smallest absolute Gasteiger partial charge is 0.387 e. The maximum atomic E-state index is 13.2. The molecule has 0 spiro atoms. The minimum Gasteiger partial charge on any atom is -0.387 e. The average Bonchev–Trinajstić information content (AvgIpc) is 2.64. The van der Waals surface area contributed by atoms with Gasteiger partial charge in [0, 0.05) is 30.0 Å². The van der Waals surface area contributed by atoms with Crippen LogP contribution in [0.15, 0.2) is 48.8 Å². The van der Waals surface area contributed by atoms with Gasteiger partial charge in [-0.3, -0.25) is 4.98 Å². The molecule has 3 aromatic rings. The van der Waals surface area contributed by atoms with Crippen LogP contribution in [0.4, 0.5) is 32.0 Å². The zero-order valence-electron chi connectivity index (χ0n) is 14.0. The first-order chi connectivity index (χ1) is 13.1. The predicted molar refractivity (Wildman–Crippen MR) is 89.4 cm³/mol. The van der Waals surface area contributed by atoms with E-state index in [1.165, 1.54) is 18.5 Å². The Balaban J connectivity index is 2.09. The summed E-state index contributed by atoms with van der Waals surface area (Å²) >= 11 is 0. The third-order valence-corrected chi connectivity index (χ3v) is 4.01. The summed E-state index contributed by atoms with van der Waals surface area (Å²) in [7, 11) is 0. The summed E-state index contributed by atoms with van der Waals surface area (Å²) in [5.74, 6) is 0. The summed E-state index contributed by atoms with van der Waals surface area (Å²) < 4.78 is 79.3. The van der Waals surface area contributed by atoms with Gasteiger partial charge < -0.3 is 10.4 Å². The minimum absolute atomic E-state index is 0.202. The van der Waals surface area contributed by atoms with Gasteiger partial charge in [0.1, 0.15) is 5.69 Å². The van der Waals surface area contributed by atoms with E-state index in [0.29, 0.717) is 17.8 Å². The van der Waals surface area contributed by atoms with Crippen molar-refractivity contribution in [3.8, 4) is 0 Å². The number of fused-ring (bicyclic) bond motifs is 1. The summed E-state index contributed by atoms with van der Waals surface area (Å²) in [6.45, 7) is -0.226. The number of nitrogens with zero attached hydrogens (tertiary/aromatic N) is 2. The fourth-order valence-corrected chi connectivity index (χ4v) is 2.72. The molecule has 148 valence electrons. The number of hydrogen-bond acceptors (Lipinski definition) is 4. The summed E-state index contributed by atoms with van der Waals surface area (Å²) in [5, 5.41) is 13.0. The minimum atomic E-state index is -4.97. The maximum Gasteiger partial charge on any atom is 0.433 e. The van der Waals surface area contributed by atoms with E-state index in [0.717, 1.165) is 6.07 Å². The van der Waals surface area contributed by atoms with Gasteiger partial charge in [0.05, 0.1) is 17.2 Å². The van der Waals surface area contributed by atoms with Crippen molar-refractivity contribution in [3.63, 3.8) is 0 Å². The van der Waals surface area contributed by atoms with Crippen molar-refractivity contribution >= 4 is 16.6 Å². The molecule has 0 amide bonds. The van der Waals surface area contributed by atoms with Crippen LogP contribution < -0.4 is 5.32 Å².